The van der Waals surface area contributed by atoms with Crippen molar-refractivity contribution in [2.45, 2.75) is 11.8 Å². The molecule has 0 unspecified atom stereocenters. The maximum absolute atomic E-state index is 6.52. The minimum Gasteiger partial charge on any atom is -0.455 e. The first-order valence-electron chi connectivity index (χ1n) is 15.3. The number of rotatable bonds is 2. The summed E-state index contributed by atoms with van der Waals surface area (Å²) in [6.07, 6.45) is 0.865. The molecular weight excluding hydrogens is 534 g/mol. The number of fused-ring (bicyclic) bond motifs is 14. The molecular formula is C42H27NO. The van der Waals surface area contributed by atoms with Crippen LogP contribution in [-0.2, 0) is 11.8 Å². The van der Waals surface area contributed by atoms with Crippen LogP contribution in [-0.4, -0.2) is 0 Å². The molecule has 1 heterocycles. The van der Waals surface area contributed by atoms with E-state index in [1.807, 2.05) is 6.07 Å². The molecule has 0 bridgehead atoms. The molecule has 206 valence electrons. The van der Waals surface area contributed by atoms with Gasteiger partial charge >= 0.3 is 0 Å². The Morgan fingerprint density at radius 2 is 1.16 bits per heavy atom. The number of para-hydroxylation sites is 1. The highest BCUT2D eigenvalue weighted by molar-refractivity contribution is 6.21. The quantitative estimate of drug-likeness (QED) is 0.227. The van der Waals surface area contributed by atoms with Crippen LogP contribution in [0.3, 0.4) is 0 Å². The van der Waals surface area contributed by atoms with Gasteiger partial charge in [-0.15, -0.1) is 0 Å². The Morgan fingerprint density at radius 3 is 1.98 bits per heavy atom. The summed E-state index contributed by atoms with van der Waals surface area (Å²) in [5.74, 6) is 0. The normalized spacial score (nSPS) is 14.0. The molecule has 2 aliphatic carbocycles. The van der Waals surface area contributed by atoms with Crippen molar-refractivity contribution in [1.82, 2.24) is 0 Å². The highest BCUT2D eigenvalue weighted by Crippen LogP contribution is 2.60. The van der Waals surface area contributed by atoms with Gasteiger partial charge in [0.25, 0.3) is 0 Å². The summed E-state index contributed by atoms with van der Waals surface area (Å²) < 4.78 is 6.52. The van der Waals surface area contributed by atoms with Crippen molar-refractivity contribution in [3.8, 4) is 11.1 Å². The van der Waals surface area contributed by atoms with Crippen molar-refractivity contribution < 1.29 is 4.42 Å². The van der Waals surface area contributed by atoms with Crippen LogP contribution >= 0.6 is 0 Å². The average molecular weight is 562 g/mol. The zero-order chi connectivity index (χ0) is 28.8. The monoisotopic (exact) mass is 561 g/mol. The Hall–Kier alpha value is -5.60. The van der Waals surface area contributed by atoms with E-state index in [1.54, 1.807) is 0 Å². The maximum Gasteiger partial charge on any atom is 0.145 e. The molecule has 8 aromatic rings. The molecule has 0 amide bonds. The third kappa shape index (κ3) is 3.00. The Balaban J connectivity index is 1.27. The highest BCUT2D eigenvalue weighted by atomic mass is 16.3. The molecule has 0 atom stereocenters. The number of benzene rings is 7. The second-order valence-electron chi connectivity index (χ2n) is 12.1. The summed E-state index contributed by atoms with van der Waals surface area (Å²) in [4.78, 5) is 0. The van der Waals surface area contributed by atoms with E-state index in [1.165, 1.54) is 44.5 Å². The van der Waals surface area contributed by atoms with Gasteiger partial charge in [-0.2, -0.15) is 0 Å². The van der Waals surface area contributed by atoms with Crippen LogP contribution in [0.25, 0.3) is 43.8 Å². The van der Waals surface area contributed by atoms with Gasteiger partial charge < -0.3 is 9.73 Å². The summed E-state index contributed by atoms with van der Waals surface area (Å²) in [6.45, 7) is 0. The Kier molecular flexibility index (Phi) is 4.74. The van der Waals surface area contributed by atoms with E-state index in [2.05, 4.69) is 145 Å². The first kappa shape index (κ1) is 23.9. The van der Waals surface area contributed by atoms with Gasteiger partial charge in [0.15, 0.2) is 0 Å². The van der Waals surface area contributed by atoms with Gasteiger partial charge in [-0.1, -0.05) is 127 Å². The van der Waals surface area contributed by atoms with Gasteiger partial charge in [0.2, 0.25) is 0 Å². The smallest absolute Gasteiger partial charge is 0.145 e. The van der Waals surface area contributed by atoms with Crippen LogP contribution < -0.4 is 5.32 Å². The van der Waals surface area contributed by atoms with Gasteiger partial charge in [0.1, 0.15) is 11.2 Å². The molecule has 0 saturated carbocycles. The Bertz CT molecular complexity index is 2420. The van der Waals surface area contributed by atoms with Gasteiger partial charge in [0.05, 0.1) is 16.5 Å². The molecule has 0 saturated heterocycles. The lowest BCUT2D eigenvalue weighted by Gasteiger charge is -2.41. The number of nitrogens with one attached hydrogen (secondary N) is 1. The Morgan fingerprint density at radius 1 is 0.523 bits per heavy atom. The van der Waals surface area contributed by atoms with Crippen LogP contribution in [0.15, 0.2) is 150 Å². The van der Waals surface area contributed by atoms with Crippen molar-refractivity contribution in [2.75, 3.05) is 5.32 Å². The first-order valence-corrected chi connectivity index (χ1v) is 15.3. The summed E-state index contributed by atoms with van der Waals surface area (Å²) in [5.41, 5.74) is 14.5. The van der Waals surface area contributed by atoms with Crippen LogP contribution in [0.1, 0.15) is 33.4 Å². The number of hydrogen-bond donors (Lipinski definition) is 1. The molecule has 1 aromatic heterocycles. The number of hydrogen-bond acceptors (Lipinski definition) is 2. The lowest BCUT2D eigenvalue weighted by atomic mass is 9.61. The van der Waals surface area contributed by atoms with Crippen molar-refractivity contribution >= 4 is 44.1 Å². The zero-order valence-electron chi connectivity index (χ0n) is 24.0. The molecule has 10 rings (SSSR count). The molecule has 44 heavy (non-hydrogen) atoms. The van der Waals surface area contributed by atoms with Gasteiger partial charge in [-0.05, 0) is 68.1 Å². The van der Waals surface area contributed by atoms with E-state index in [9.17, 15) is 0 Å². The summed E-state index contributed by atoms with van der Waals surface area (Å²) >= 11 is 0. The molecule has 1 N–H and O–H groups in total. The fraction of sp³-hybridized carbons (Fsp3) is 0.0476. The topological polar surface area (TPSA) is 25.2 Å². The van der Waals surface area contributed by atoms with Crippen LogP contribution in [0, 0.1) is 0 Å². The van der Waals surface area contributed by atoms with Crippen molar-refractivity contribution in [3.05, 3.63) is 179 Å². The number of anilines is 2. The van der Waals surface area contributed by atoms with Crippen molar-refractivity contribution in [3.63, 3.8) is 0 Å². The molecule has 1 spiro atoms. The molecule has 7 aromatic carbocycles. The van der Waals surface area contributed by atoms with E-state index in [0.29, 0.717) is 0 Å². The van der Waals surface area contributed by atoms with E-state index >= 15 is 0 Å². The predicted octanol–water partition coefficient (Wildman–Crippen LogP) is 10.8. The number of furan rings is 1. The van der Waals surface area contributed by atoms with E-state index in [-0.39, 0.29) is 5.41 Å². The second kappa shape index (κ2) is 8.72. The third-order valence-electron chi connectivity index (χ3n) is 9.96. The van der Waals surface area contributed by atoms with Gasteiger partial charge in [0, 0.05) is 22.9 Å². The average Bonchev–Trinajstić information content (AvgIpc) is 3.61. The molecule has 0 fully saturated rings. The minimum atomic E-state index is -0.379. The fourth-order valence-electron chi connectivity index (χ4n) is 8.24. The van der Waals surface area contributed by atoms with Crippen molar-refractivity contribution in [2.24, 2.45) is 0 Å². The molecule has 2 heteroatoms. The SMILES string of the molecule is c1ccc2c(c1)Cc1c(Nc3cc4ccccc4c4oc5ccccc5c34)cccc1C21c2ccccc2-c2ccccc21. The van der Waals surface area contributed by atoms with Crippen LogP contribution in [0.5, 0.6) is 0 Å². The van der Waals surface area contributed by atoms with E-state index < -0.39 is 0 Å². The first-order chi connectivity index (χ1) is 21.8. The third-order valence-corrected chi connectivity index (χ3v) is 9.96. The zero-order valence-corrected chi connectivity index (χ0v) is 24.0. The molecule has 0 aliphatic heterocycles. The molecule has 0 radical (unpaired) electrons. The summed E-state index contributed by atoms with van der Waals surface area (Å²) in [7, 11) is 0. The van der Waals surface area contributed by atoms with Gasteiger partial charge in [-0.3, -0.25) is 0 Å². The van der Waals surface area contributed by atoms with E-state index in [4.69, 9.17) is 4.42 Å². The van der Waals surface area contributed by atoms with Gasteiger partial charge in [-0.25, -0.2) is 0 Å². The Labute approximate surface area is 255 Å². The highest BCUT2D eigenvalue weighted by Gasteiger charge is 2.49. The molecule has 2 aliphatic rings. The fourth-order valence-corrected chi connectivity index (χ4v) is 8.24. The minimum absolute atomic E-state index is 0.379. The van der Waals surface area contributed by atoms with Crippen LogP contribution in [0.2, 0.25) is 0 Å². The standard InChI is InChI=1S/C42H27NO/c1-3-14-28-26(12-1)25-38(40-31-17-6-10-23-39(31)44-41(28)40)43-37-22-11-21-36-32(37)24-27-13-2-7-18-33(27)42(36)34-19-8-4-15-29(34)30-16-5-9-20-35(30)42/h1-23,25,43H,24H2. The lowest BCUT2D eigenvalue weighted by Crippen LogP contribution is -2.34. The van der Waals surface area contributed by atoms with Crippen molar-refractivity contribution in [1.29, 1.82) is 0 Å². The van der Waals surface area contributed by atoms with Crippen LogP contribution in [0.4, 0.5) is 11.4 Å². The molecule has 2 nitrogen and oxygen atoms in total. The maximum atomic E-state index is 6.52. The predicted molar refractivity (Wildman–Crippen MR) is 181 cm³/mol. The largest absolute Gasteiger partial charge is 0.455 e. The summed E-state index contributed by atoms with van der Waals surface area (Å²) in [6, 6.07) is 53.0. The second-order valence-corrected chi connectivity index (χ2v) is 12.1. The van der Waals surface area contributed by atoms with E-state index in [0.717, 1.165) is 50.5 Å². The summed E-state index contributed by atoms with van der Waals surface area (Å²) in [5, 5.41) is 8.51. The lowest BCUT2D eigenvalue weighted by molar-refractivity contribution is 0.673.